The van der Waals surface area contributed by atoms with Gasteiger partial charge in [-0.3, -0.25) is 4.79 Å². The summed E-state index contributed by atoms with van der Waals surface area (Å²) in [4.78, 5) is 12.1. The fourth-order valence-electron chi connectivity index (χ4n) is 2.90. The summed E-state index contributed by atoms with van der Waals surface area (Å²) in [5, 5.41) is 0. The third-order valence-corrected chi connectivity index (χ3v) is 3.58. The van der Waals surface area contributed by atoms with Gasteiger partial charge in [0.25, 0.3) is 0 Å². The van der Waals surface area contributed by atoms with Gasteiger partial charge in [-0.15, -0.1) is 0 Å². The molecule has 0 aromatic heterocycles. The van der Waals surface area contributed by atoms with Crippen molar-refractivity contribution < 1.29 is 14.3 Å². The Kier molecular flexibility index (Phi) is 5.96. The average Bonchev–Trinajstić information content (AvgIpc) is 2.60. The minimum Gasteiger partial charge on any atom is -0.436 e. The highest BCUT2D eigenvalue weighted by Crippen LogP contribution is 2.39. The van der Waals surface area contributed by atoms with E-state index in [1.165, 1.54) is 0 Å². The van der Waals surface area contributed by atoms with Crippen molar-refractivity contribution in [2.24, 2.45) is 17.8 Å². The van der Waals surface area contributed by atoms with Gasteiger partial charge >= 0.3 is 5.97 Å². The van der Waals surface area contributed by atoms with Crippen LogP contribution in [-0.4, -0.2) is 18.9 Å². The molecule has 0 N–H and O–H groups in total. The van der Waals surface area contributed by atoms with Crippen LogP contribution in [-0.2, 0) is 14.3 Å². The third-order valence-electron chi connectivity index (χ3n) is 3.58. The molecule has 100 valence electrons. The van der Waals surface area contributed by atoms with Gasteiger partial charge in [0.05, 0.1) is 5.92 Å². The van der Waals surface area contributed by atoms with Crippen molar-refractivity contribution >= 4 is 5.97 Å². The van der Waals surface area contributed by atoms with Crippen LogP contribution < -0.4 is 0 Å². The lowest BCUT2D eigenvalue weighted by atomic mass is 9.92. The van der Waals surface area contributed by atoms with Gasteiger partial charge in [0.2, 0.25) is 0 Å². The zero-order chi connectivity index (χ0) is 12.8. The molecule has 0 aliphatic heterocycles. The Balaban J connectivity index is 2.48. The molecule has 3 heteroatoms. The van der Waals surface area contributed by atoms with Crippen LogP contribution in [0.4, 0.5) is 0 Å². The summed E-state index contributed by atoms with van der Waals surface area (Å²) in [6.45, 7) is 8.67. The Bertz CT molecular complexity index is 240. The number of ether oxygens (including phenoxy) is 2. The first kappa shape index (κ1) is 14.5. The van der Waals surface area contributed by atoms with Crippen LogP contribution in [0.3, 0.4) is 0 Å². The topological polar surface area (TPSA) is 35.5 Å². The molecule has 4 unspecified atom stereocenters. The van der Waals surface area contributed by atoms with E-state index in [9.17, 15) is 4.79 Å². The number of rotatable bonds is 6. The molecule has 17 heavy (non-hydrogen) atoms. The second-order valence-corrected chi connectivity index (χ2v) is 5.19. The maximum Gasteiger partial charge on any atom is 0.311 e. The van der Waals surface area contributed by atoms with E-state index < -0.39 is 6.29 Å². The van der Waals surface area contributed by atoms with Gasteiger partial charge in [-0.05, 0) is 44.9 Å². The summed E-state index contributed by atoms with van der Waals surface area (Å²) in [6.07, 6.45) is 4.00. The molecule has 1 aliphatic carbocycles. The number of hydrogen-bond acceptors (Lipinski definition) is 3. The van der Waals surface area contributed by atoms with Crippen LogP contribution in [0.5, 0.6) is 0 Å². The van der Waals surface area contributed by atoms with Crippen LogP contribution >= 0.6 is 0 Å². The molecule has 0 radical (unpaired) electrons. The molecule has 1 rings (SSSR count). The molecule has 0 amide bonds. The van der Waals surface area contributed by atoms with Gasteiger partial charge in [0.1, 0.15) is 0 Å². The first-order valence-corrected chi connectivity index (χ1v) is 6.90. The van der Waals surface area contributed by atoms with Crippen molar-refractivity contribution in [2.45, 2.75) is 59.7 Å². The van der Waals surface area contributed by atoms with Crippen LogP contribution in [0.2, 0.25) is 0 Å². The molecule has 0 aromatic carbocycles. The van der Waals surface area contributed by atoms with Gasteiger partial charge in [-0.2, -0.15) is 0 Å². The van der Waals surface area contributed by atoms with E-state index in [0.717, 1.165) is 25.7 Å². The Hall–Kier alpha value is -0.570. The van der Waals surface area contributed by atoms with Crippen LogP contribution in [0.15, 0.2) is 0 Å². The van der Waals surface area contributed by atoms with E-state index in [2.05, 4.69) is 13.8 Å². The van der Waals surface area contributed by atoms with Crippen molar-refractivity contribution in [2.75, 3.05) is 6.61 Å². The van der Waals surface area contributed by atoms with E-state index in [1.54, 1.807) is 6.92 Å². The summed E-state index contributed by atoms with van der Waals surface area (Å²) >= 11 is 0. The zero-order valence-corrected chi connectivity index (χ0v) is 11.6. The zero-order valence-electron chi connectivity index (χ0n) is 11.6. The van der Waals surface area contributed by atoms with Gasteiger partial charge in [-0.1, -0.05) is 20.3 Å². The average molecular weight is 242 g/mol. The lowest BCUT2D eigenvalue weighted by molar-refractivity contribution is -0.180. The van der Waals surface area contributed by atoms with E-state index in [1.807, 2.05) is 6.92 Å². The number of hydrogen-bond donors (Lipinski definition) is 0. The Morgan fingerprint density at radius 2 is 2.06 bits per heavy atom. The van der Waals surface area contributed by atoms with Gasteiger partial charge in [0, 0.05) is 6.61 Å². The van der Waals surface area contributed by atoms with Crippen molar-refractivity contribution in [3.8, 4) is 0 Å². The van der Waals surface area contributed by atoms with Gasteiger partial charge in [0.15, 0.2) is 6.29 Å². The lowest BCUT2D eigenvalue weighted by Crippen LogP contribution is -2.26. The minimum absolute atomic E-state index is 0.0613. The van der Waals surface area contributed by atoms with Gasteiger partial charge in [-0.25, -0.2) is 0 Å². The molecule has 0 heterocycles. The summed E-state index contributed by atoms with van der Waals surface area (Å²) < 4.78 is 10.6. The van der Waals surface area contributed by atoms with Crippen molar-refractivity contribution in [3.05, 3.63) is 0 Å². The lowest BCUT2D eigenvalue weighted by Gasteiger charge is -2.20. The van der Waals surface area contributed by atoms with Crippen molar-refractivity contribution in [1.82, 2.24) is 0 Å². The van der Waals surface area contributed by atoms with Gasteiger partial charge < -0.3 is 9.47 Å². The fourth-order valence-corrected chi connectivity index (χ4v) is 2.90. The van der Waals surface area contributed by atoms with E-state index >= 15 is 0 Å². The van der Waals surface area contributed by atoms with E-state index in [4.69, 9.17) is 9.47 Å². The Morgan fingerprint density at radius 1 is 1.35 bits per heavy atom. The summed E-state index contributed by atoms with van der Waals surface area (Å²) in [5.41, 5.74) is 0. The predicted octanol–water partition coefficient (Wildman–Crippen LogP) is 3.37. The molecule has 1 aliphatic rings. The monoisotopic (exact) mass is 242 g/mol. The SMILES string of the molecule is CCCC1CC(C)CC1C(=O)OC(C)OCC. The molecule has 0 saturated heterocycles. The first-order chi connectivity index (χ1) is 8.08. The fraction of sp³-hybridized carbons (Fsp3) is 0.929. The number of carbonyl (C=O) groups is 1. The second kappa shape index (κ2) is 7.00. The Morgan fingerprint density at radius 3 is 2.65 bits per heavy atom. The highest BCUT2D eigenvalue weighted by molar-refractivity contribution is 5.73. The maximum atomic E-state index is 12.1. The maximum absolute atomic E-state index is 12.1. The minimum atomic E-state index is -0.411. The number of esters is 1. The molecule has 0 bridgehead atoms. The summed E-state index contributed by atoms with van der Waals surface area (Å²) in [5.74, 6) is 1.18. The normalized spacial score (nSPS) is 30.2. The third kappa shape index (κ3) is 4.30. The van der Waals surface area contributed by atoms with Crippen molar-refractivity contribution in [1.29, 1.82) is 0 Å². The molecule has 0 spiro atoms. The van der Waals surface area contributed by atoms with Crippen LogP contribution in [0.1, 0.15) is 53.4 Å². The Labute approximate surface area is 105 Å². The molecule has 1 fully saturated rings. The smallest absolute Gasteiger partial charge is 0.311 e. The highest BCUT2D eigenvalue weighted by Gasteiger charge is 2.37. The van der Waals surface area contributed by atoms with Crippen LogP contribution in [0, 0.1) is 17.8 Å². The highest BCUT2D eigenvalue weighted by atomic mass is 16.7. The molecule has 4 atom stereocenters. The van der Waals surface area contributed by atoms with Crippen LogP contribution in [0.25, 0.3) is 0 Å². The second-order valence-electron chi connectivity index (χ2n) is 5.19. The largest absolute Gasteiger partial charge is 0.436 e. The first-order valence-electron chi connectivity index (χ1n) is 6.90. The molecular weight excluding hydrogens is 216 g/mol. The standard InChI is InChI=1S/C14H26O3/c1-5-7-12-8-10(3)9-13(12)14(15)17-11(4)16-6-2/h10-13H,5-9H2,1-4H3. The molecular formula is C14H26O3. The quantitative estimate of drug-likeness (QED) is 0.529. The van der Waals surface area contributed by atoms with Crippen molar-refractivity contribution in [3.63, 3.8) is 0 Å². The predicted molar refractivity (Wildman–Crippen MR) is 67.5 cm³/mol. The number of carbonyl (C=O) groups excluding carboxylic acids is 1. The molecule has 3 nitrogen and oxygen atoms in total. The summed E-state index contributed by atoms with van der Waals surface area (Å²) in [7, 11) is 0. The molecule has 1 saturated carbocycles. The molecule has 0 aromatic rings. The summed E-state index contributed by atoms with van der Waals surface area (Å²) in [6, 6.07) is 0. The van der Waals surface area contributed by atoms with E-state index in [0.29, 0.717) is 18.4 Å². The van der Waals surface area contributed by atoms with E-state index in [-0.39, 0.29) is 11.9 Å².